The number of likely N-dealkylation sites (tertiary alicyclic amines) is 1. The topological polar surface area (TPSA) is 105 Å². The summed E-state index contributed by atoms with van der Waals surface area (Å²) >= 11 is 0. The summed E-state index contributed by atoms with van der Waals surface area (Å²) in [5.41, 5.74) is 4.37. The minimum atomic E-state index is -1.20. The first-order valence-corrected chi connectivity index (χ1v) is 11.7. The number of amides is 2. The number of fused-ring (bicyclic) bond motifs is 3. The van der Waals surface area contributed by atoms with Crippen molar-refractivity contribution < 1.29 is 29.0 Å². The first-order valence-electron chi connectivity index (χ1n) is 11.7. The van der Waals surface area contributed by atoms with Crippen LogP contribution >= 0.6 is 0 Å². The van der Waals surface area contributed by atoms with Crippen LogP contribution in [0, 0.1) is 0 Å². The van der Waals surface area contributed by atoms with Crippen molar-refractivity contribution in [2.24, 2.45) is 0 Å². The van der Waals surface area contributed by atoms with Gasteiger partial charge in [0.25, 0.3) is 0 Å². The molecule has 1 aliphatic heterocycles. The molecule has 180 valence electrons. The summed E-state index contributed by atoms with van der Waals surface area (Å²) in [5.74, 6) is -1.73. The lowest BCUT2D eigenvalue weighted by molar-refractivity contribution is -0.142. The van der Waals surface area contributed by atoms with Crippen LogP contribution in [0.4, 0.5) is 4.79 Å². The molecule has 2 aromatic carbocycles. The van der Waals surface area contributed by atoms with Crippen LogP contribution in [-0.2, 0) is 19.1 Å². The Balaban J connectivity index is 1.38. The highest BCUT2D eigenvalue weighted by molar-refractivity contribution is 5.89. The van der Waals surface area contributed by atoms with Gasteiger partial charge in [0, 0.05) is 25.6 Å². The van der Waals surface area contributed by atoms with E-state index >= 15 is 0 Å². The molecule has 8 heteroatoms. The fourth-order valence-electron chi connectivity index (χ4n) is 4.73. The highest BCUT2D eigenvalue weighted by atomic mass is 16.5. The highest BCUT2D eigenvalue weighted by Crippen LogP contribution is 2.44. The number of ether oxygens (including phenoxy) is 2. The van der Waals surface area contributed by atoms with Gasteiger partial charge in [0.05, 0.1) is 12.5 Å². The lowest BCUT2D eigenvalue weighted by Crippen LogP contribution is -2.49. The van der Waals surface area contributed by atoms with Crippen LogP contribution in [0.2, 0.25) is 0 Å². The average Bonchev–Trinajstić information content (AvgIpc) is 3.43. The number of rotatable bonds is 9. The van der Waals surface area contributed by atoms with Crippen molar-refractivity contribution >= 4 is 18.0 Å². The molecule has 2 aliphatic rings. The molecule has 1 fully saturated rings. The molecule has 2 N–H and O–H groups in total. The predicted molar refractivity (Wildman–Crippen MR) is 125 cm³/mol. The van der Waals surface area contributed by atoms with Gasteiger partial charge in [-0.05, 0) is 35.1 Å². The van der Waals surface area contributed by atoms with E-state index in [1.54, 1.807) is 4.90 Å². The van der Waals surface area contributed by atoms with Crippen LogP contribution in [0.1, 0.15) is 43.2 Å². The van der Waals surface area contributed by atoms with Crippen LogP contribution < -0.4 is 5.32 Å². The summed E-state index contributed by atoms with van der Waals surface area (Å²) in [7, 11) is 0. The van der Waals surface area contributed by atoms with Gasteiger partial charge < -0.3 is 24.8 Å². The fraction of sp³-hybridized carbons (Fsp3) is 0.423. The smallest absolute Gasteiger partial charge is 0.407 e. The molecule has 2 amide bonds. The number of carboxylic acids is 1. The van der Waals surface area contributed by atoms with Gasteiger partial charge in [0.1, 0.15) is 12.6 Å². The van der Waals surface area contributed by atoms with E-state index in [2.05, 4.69) is 5.32 Å². The second kappa shape index (κ2) is 10.7. The minimum Gasteiger partial charge on any atom is -0.481 e. The van der Waals surface area contributed by atoms with E-state index in [1.807, 2.05) is 55.5 Å². The molecule has 0 spiro atoms. The summed E-state index contributed by atoms with van der Waals surface area (Å²) in [6, 6.07) is 14.8. The highest BCUT2D eigenvalue weighted by Gasteiger charge is 2.34. The number of aliphatic carboxylic acids is 1. The molecule has 0 aromatic heterocycles. The van der Waals surface area contributed by atoms with Gasteiger partial charge in [0.15, 0.2) is 0 Å². The van der Waals surface area contributed by atoms with Gasteiger partial charge >= 0.3 is 12.1 Å². The molecule has 0 bridgehead atoms. The number of carbonyl (C=O) groups excluding carboxylic acids is 2. The van der Waals surface area contributed by atoms with Crippen molar-refractivity contribution in [2.45, 2.75) is 44.2 Å². The van der Waals surface area contributed by atoms with E-state index in [0.717, 1.165) is 28.7 Å². The van der Waals surface area contributed by atoms with Gasteiger partial charge in [-0.2, -0.15) is 0 Å². The SMILES string of the molecule is CCCOC1CCN(C(=O)C(CC(=O)O)NC(=O)OCC2c3ccccc3-c3ccccc32)C1. The van der Waals surface area contributed by atoms with E-state index in [4.69, 9.17) is 9.47 Å². The molecule has 2 aromatic rings. The van der Waals surface area contributed by atoms with E-state index in [9.17, 15) is 19.5 Å². The van der Waals surface area contributed by atoms with Crippen LogP contribution in [0.15, 0.2) is 48.5 Å². The summed E-state index contributed by atoms with van der Waals surface area (Å²) in [6.45, 7) is 3.57. The number of carboxylic acid groups (broad SMARTS) is 1. The molecule has 1 heterocycles. The van der Waals surface area contributed by atoms with Gasteiger partial charge in [-0.1, -0.05) is 55.5 Å². The average molecular weight is 467 g/mol. The van der Waals surface area contributed by atoms with E-state index < -0.39 is 30.4 Å². The third-order valence-corrected chi connectivity index (χ3v) is 6.33. The van der Waals surface area contributed by atoms with Crippen molar-refractivity contribution in [3.05, 3.63) is 59.7 Å². The molecule has 0 saturated carbocycles. The molecule has 2 atom stereocenters. The largest absolute Gasteiger partial charge is 0.481 e. The van der Waals surface area contributed by atoms with Crippen molar-refractivity contribution in [2.75, 3.05) is 26.3 Å². The molecule has 4 rings (SSSR count). The van der Waals surface area contributed by atoms with Crippen LogP contribution in [0.5, 0.6) is 0 Å². The molecule has 1 saturated heterocycles. The Hall–Kier alpha value is -3.39. The van der Waals surface area contributed by atoms with E-state index in [-0.39, 0.29) is 18.6 Å². The maximum atomic E-state index is 13.0. The summed E-state index contributed by atoms with van der Waals surface area (Å²) < 4.78 is 11.2. The monoisotopic (exact) mass is 466 g/mol. The number of nitrogens with one attached hydrogen (secondary N) is 1. The molecule has 34 heavy (non-hydrogen) atoms. The standard InChI is InChI=1S/C26H30N2O6/c1-2-13-33-17-11-12-28(15-17)25(31)23(14-24(29)30)27-26(32)34-16-22-20-9-5-3-7-18(20)19-8-4-6-10-21(19)22/h3-10,17,22-23H,2,11-16H2,1H3,(H,27,32)(H,29,30). The number of benzene rings is 2. The summed E-state index contributed by atoms with van der Waals surface area (Å²) in [5, 5.41) is 11.8. The molecular formula is C26H30N2O6. The quantitative estimate of drug-likeness (QED) is 0.587. The normalized spacial score (nSPS) is 17.7. The Kier molecular flexibility index (Phi) is 7.47. The first-order chi connectivity index (χ1) is 16.5. The predicted octanol–water partition coefficient (Wildman–Crippen LogP) is 3.40. The molecule has 2 unspecified atom stereocenters. The number of nitrogens with zero attached hydrogens (tertiary/aromatic N) is 1. The van der Waals surface area contributed by atoms with Gasteiger partial charge in [-0.25, -0.2) is 4.79 Å². The molecular weight excluding hydrogens is 436 g/mol. The maximum Gasteiger partial charge on any atom is 0.407 e. The zero-order valence-corrected chi connectivity index (χ0v) is 19.2. The maximum absolute atomic E-state index is 13.0. The lowest BCUT2D eigenvalue weighted by atomic mass is 9.98. The van der Waals surface area contributed by atoms with Crippen LogP contribution in [0.25, 0.3) is 11.1 Å². The van der Waals surface area contributed by atoms with Crippen molar-refractivity contribution in [3.8, 4) is 11.1 Å². The first kappa shape index (κ1) is 23.8. The summed E-state index contributed by atoms with van der Waals surface area (Å²) in [4.78, 5) is 38.5. The van der Waals surface area contributed by atoms with E-state index in [1.165, 1.54) is 0 Å². The Labute approximate surface area is 198 Å². The Bertz CT molecular complexity index is 1010. The third-order valence-electron chi connectivity index (χ3n) is 6.33. The molecule has 8 nitrogen and oxygen atoms in total. The van der Waals surface area contributed by atoms with Gasteiger partial charge in [0.2, 0.25) is 5.91 Å². The number of carbonyl (C=O) groups is 3. The van der Waals surface area contributed by atoms with Crippen molar-refractivity contribution in [3.63, 3.8) is 0 Å². The Morgan fingerprint density at radius 2 is 1.74 bits per heavy atom. The number of hydrogen-bond donors (Lipinski definition) is 2. The molecule has 0 radical (unpaired) electrons. The number of alkyl carbamates (subject to hydrolysis) is 1. The second-order valence-electron chi connectivity index (χ2n) is 8.69. The second-order valence-corrected chi connectivity index (χ2v) is 8.69. The van der Waals surface area contributed by atoms with Crippen LogP contribution in [-0.4, -0.2) is 66.4 Å². The minimum absolute atomic E-state index is 0.0659. The fourth-order valence-corrected chi connectivity index (χ4v) is 4.73. The van der Waals surface area contributed by atoms with Crippen molar-refractivity contribution in [1.82, 2.24) is 10.2 Å². The Morgan fingerprint density at radius 3 is 2.35 bits per heavy atom. The zero-order valence-electron chi connectivity index (χ0n) is 19.2. The Morgan fingerprint density at radius 1 is 1.09 bits per heavy atom. The van der Waals surface area contributed by atoms with Crippen LogP contribution in [0.3, 0.4) is 0 Å². The number of hydrogen-bond acceptors (Lipinski definition) is 5. The van der Waals surface area contributed by atoms with E-state index in [0.29, 0.717) is 26.1 Å². The van der Waals surface area contributed by atoms with Crippen molar-refractivity contribution in [1.29, 1.82) is 0 Å². The zero-order chi connectivity index (χ0) is 24.1. The van der Waals surface area contributed by atoms with Gasteiger partial charge in [-0.3, -0.25) is 9.59 Å². The van der Waals surface area contributed by atoms with Gasteiger partial charge in [-0.15, -0.1) is 0 Å². The molecule has 1 aliphatic carbocycles. The third kappa shape index (κ3) is 5.22. The summed E-state index contributed by atoms with van der Waals surface area (Å²) in [6.07, 6.45) is 0.189. The lowest BCUT2D eigenvalue weighted by Gasteiger charge is -2.23.